The van der Waals surface area contributed by atoms with Crippen molar-refractivity contribution >= 4 is 22.7 Å². The summed E-state index contributed by atoms with van der Waals surface area (Å²) in [6, 6.07) is 18.9. The highest BCUT2D eigenvalue weighted by Gasteiger charge is 2.03. The Balaban J connectivity index is 1.80. The molecule has 3 rings (SSSR count). The molecule has 19 heavy (non-hydrogen) atoms. The minimum absolute atomic E-state index is 0.157. The smallest absolute Gasteiger partial charge is 0.127 e. The van der Waals surface area contributed by atoms with Crippen LogP contribution in [-0.4, -0.2) is 4.98 Å². The number of pyridine rings is 1. The topological polar surface area (TPSA) is 12.9 Å². The van der Waals surface area contributed by atoms with Gasteiger partial charge in [0.2, 0.25) is 0 Å². The van der Waals surface area contributed by atoms with Gasteiger partial charge in [-0.15, -0.1) is 11.8 Å². The normalized spacial score (nSPS) is 10.8. The lowest BCUT2D eigenvalue weighted by molar-refractivity contribution is 0.617. The standard InChI is InChI=1S/C16H12FNS/c17-14-7-3-1-6-13(14)11-19-16-10-9-12-5-2-4-8-15(12)18-16/h1-10H,11H2. The predicted octanol–water partition coefficient (Wildman–Crippen LogP) is 4.67. The van der Waals surface area contributed by atoms with Gasteiger partial charge in [0, 0.05) is 11.1 Å². The molecule has 0 fully saturated rings. The third-order valence-corrected chi connectivity index (χ3v) is 3.88. The highest BCUT2D eigenvalue weighted by atomic mass is 32.2. The van der Waals surface area contributed by atoms with E-state index in [2.05, 4.69) is 4.98 Å². The molecular formula is C16H12FNS. The third kappa shape index (κ3) is 2.76. The van der Waals surface area contributed by atoms with Gasteiger partial charge >= 0.3 is 0 Å². The van der Waals surface area contributed by atoms with Crippen LogP contribution in [0, 0.1) is 5.82 Å². The molecule has 0 atom stereocenters. The molecule has 0 spiro atoms. The van der Waals surface area contributed by atoms with Gasteiger partial charge in [-0.1, -0.05) is 42.5 Å². The molecule has 0 aliphatic carbocycles. The van der Waals surface area contributed by atoms with Crippen molar-refractivity contribution in [3.05, 3.63) is 72.0 Å². The quantitative estimate of drug-likeness (QED) is 0.641. The van der Waals surface area contributed by atoms with Gasteiger partial charge in [-0.05, 0) is 23.8 Å². The van der Waals surface area contributed by atoms with Crippen molar-refractivity contribution in [1.82, 2.24) is 4.98 Å². The summed E-state index contributed by atoms with van der Waals surface area (Å²) in [4.78, 5) is 4.56. The van der Waals surface area contributed by atoms with Crippen molar-refractivity contribution in [2.24, 2.45) is 0 Å². The lowest BCUT2D eigenvalue weighted by Gasteiger charge is -2.04. The van der Waals surface area contributed by atoms with E-state index in [9.17, 15) is 4.39 Å². The number of nitrogens with zero attached hydrogens (tertiary/aromatic N) is 1. The zero-order chi connectivity index (χ0) is 13.1. The number of hydrogen-bond donors (Lipinski definition) is 0. The lowest BCUT2D eigenvalue weighted by atomic mass is 10.2. The summed E-state index contributed by atoms with van der Waals surface area (Å²) in [7, 11) is 0. The molecule has 0 amide bonds. The maximum atomic E-state index is 13.5. The van der Waals surface area contributed by atoms with Crippen molar-refractivity contribution in [3.63, 3.8) is 0 Å². The summed E-state index contributed by atoms with van der Waals surface area (Å²) < 4.78 is 13.5. The first kappa shape index (κ1) is 12.2. The van der Waals surface area contributed by atoms with Crippen LogP contribution < -0.4 is 0 Å². The fourth-order valence-corrected chi connectivity index (χ4v) is 2.76. The Morgan fingerprint density at radius 3 is 2.58 bits per heavy atom. The first-order chi connectivity index (χ1) is 9.33. The van der Waals surface area contributed by atoms with Gasteiger partial charge in [-0.3, -0.25) is 0 Å². The average molecular weight is 269 g/mol. The number of aromatic nitrogens is 1. The van der Waals surface area contributed by atoms with E-state index in [0.717, 1.165) is 15.9 Å². The summed E-state index contributed by atoms with van der Waals surface area (Å²) in [6.07, 6.45) is 0. The summed E-state index contributed by atoms with van der Waals surface area (Å²) in [5.41, 5.74) is 1.68. The molecule has 0 aliphatic heterocycles. The predicted molar refractivity (Wildman–Crippen MR) is 77.7 cm³/mol. The van der Waals surface area contributed by atoms with E-state index >= 15 is 0 Å². The summed E-state index contributed by atoms with van der Waals surface area (Å²) >= 11 is 1.55. The largest absolute Gasteiger partial charge is 0.241 e. The van der Waals surface area contributed by atoms with Crippen LogP contribution >= 0.6 is 11.8 Å². The molecule has 1 nitrogen and oxygen atoms in total. The molecule has 0 saturated carbocycles. The minimum Gasteiger partial charge on any atom is -0.241 e. The Morgan fingerprint density at radius 1 is 0.895 bits per heavy atom. The second-order valence-corrected chi connectivity index (χ2v) is 5.22. The van der Waals surface area contributed by atoms with Crippen LogP contribution in [-0.2, 0) is 5.75 Å². The van der Waals surface area contributed by atoms with Crippen molar-refractivity contribution < 1.29 is 4.39 Å². The van der Waals surface area contributed by atoms with Crippen molar-refractivity contribution in [2.45, 2.75) is 10.8 Å². The molecule has 0 saturated heterocycles. The van der Waals surface area contributed by atoms with Crippen LogP contribution in [0.3, 0.4) is 0 Å². The Morgan fingerprint density at radius 2 is 1.68 bits per heavy atom. The fraction of sp³-hybridized carbons (Fsp3) is 0.0625. The molecule has 0 radical (unpaired) electrons. The summed E-state index contributed by atoms with van der Waals surface area (Å²) in [5.74, 6) is 0.439. The van der Waals surface area contributed by atoms with Crippen LogP contribution in [0.1, 0.15) is 5.56 Å². The Hall–Kier alpha value is -1.87. The molecule has 0 unspecified atom stereocenters. The van der Waals surface area contributed by atoms with Gasteiger partial charge in [-0.2, -0.15) is 0 Å². The van der Waals surface area contributed by atoms with Gasteiger partial charge in [0.25, 0.3) is 0 Å². The molecule has 3 aromatic rings. The molecule has 3 heteroatoms. The number of halogens is 1. The van der Waals surface area contributed by atoms with E-state index in [-0.39, 0.29) is 5.82 Å². The molecule has 1 heterocycles. The van der Waals surface area contributed by atoms with Crippen LogP contribution in [0.25, 0.3) is 10.9 Å². The van der Waals surface area contributed by atoms with Crippen LogP contribution in [0.15, 0.2) is 65.7 Å². The highest BCUT2D eigenvalue weighted by Crippen LogP contribution is 2.24. The van der Waals surface area contributed by atoms with Crippen molar-refractivity contribution in [2.75, 3.05) is 0 Å². The summed E-state index contributed by atoms with van der Waals surface area (Å²) in [5, 5.41) is 2.04. The molecule has 1 aromatic heterocycles. The number of para-hydroxylation sites is 1. The lowest BCUT2D eigenvalue weighted by Crippen LogP contribution is -1.88. The first-order valence-corrected chi connectivity index (χ1v) is 7.03. The maximum Gasteiger partial charge on any atom is 0.127 e. The molecule has 2 aromatic carbocycles. The highest BCUT2D eigenvalue weighted by molar-refractivity contribution is 7.98. The van der Waals surface area contributed by atoms with Crippen LogP contribution in [0.2, 0.25) is 0 Å². The first-order valence-electron chi connectivity index (χ1n) is 6.05. The van der Waals surface area contributed by atoms with Gasteiger partial charge in [-0.25, -0.2) is 9.37 Å². The number of benzene rings is 2. The maximum absolute atomic E-state index is 13.5. The van der Waals surface area contributed by atoms with E-state index < -0.39 is 0 Å². The number of thioether (sulfide) groups is 1. The molecule has 0 bridgehead atoms. The Labute approximate surface area is 115 Å². The van der Waals surface area contributed by atoms with Crippen molar-refractivity contribution in [1.29, 1.82) is 0 Å². The second kappa shape index (κ2) is 5.41. The second-order valence-electron chi connectivity index (χ2n) is 4.22. The van der Waals surface area contributed by atoms with Crippen molar-refractivity contribution in [3.8, 4) is 0 Å². The third-order valence-electron chi connectivity index (χ3n) is 2.91. The van der Waals surface area contributed by atoms with Gasteiger partial charge in [0.05, 0.1) is 10.5 Å². The number of rotatable bonds is 3. The zero-order valence-electron chi connectivity index (χ0n) is 10.2. The Bertz CT molecular complexity index is 712. The zero-order valence-corrected chi connectivity index (χ0v) is 11.0. The average Bonchev–Trinajstić information content (AvgIpc) is 2.46. The van der Waals surface area contributed by atoms with E-state index in [0.29, 0.717) is 11.3 Å². The monoisotopic (exact) mass is 269 g/mol. The molecule has 0 N–H and O–H groups in total. The van der Waals surface area contributed by atoms with E-state index in [1.807, 2.05) is 48.5 Å². The number of hydrogen-bond acceptors (Lipinski definition) is 2. The molecular weight excluding hydrogens is 257 g/mol. The van der Waals surface area contributed by atoms with Crippen LogP contribution in [0.4, 0.5) is 4.39 Å². The Kier molecular flexibility index (Phi) is 3.47. The molecule has 94 valence electrons. The summed E-state index contributed by atoms with van der Waals surface area (Å²) in [6.45, 7) is 0. The van der Waals surface area contributed by atoms with Gasteiger partial charge < -0.3 is 0 Å². The van der Waals surface area contributed by atoms with E-state index in [1.54, 1.807) is 17.8 Å². The van der Waals surface area contributed by atoms with Crippen LogP contribution in [0.5, 0.6) is 0 Å². The van der Waals surface area contributed by atoms with Gasteiger partial charge in [0.15, 0.2) is 0 Å². The van der Waals surface area contributed by atoms with E-state index in [1.165, 1.54) is 6.07 Å². The van der Waals surface area contributed by atoms with Gasteiger partial charge in [0.1, 0.15) is 5.82 Å². The SMILES string of the molecule is Fc1ccccc1CSc1ccc2ccccc2n1. The minimum atomic E-state index is -0.157. The molecule has 0 aliphatic rings. The number of fused-ring (bicyclic) bond motifs is 1. The fourth-order valence-electron chi connectivity index (χ4n) is 1.89. The van der Waals surface area contributed by atoms with E-state index in [4.69, 9.17) is 0 Å².